The molecule has 0 saturated carbocycles. The number of anilines is 1. The van der Waals surface area contributed by atoms with E-state index in [1.807, 2.05) is 0 Å². The third-order valence-electron chi connectivity index (χ3n) is 3.51. The van der Waals surface area contributed by atoms with Gasteiger partial charge in [0.25, 0.3) is 0 Å². The van der Waals surface area contributed by atoms with Gasteiger partial charge in [0.1, 0.15) is 0 Å². The molecule has 0 amide bonds. The van der Waals surface area contributed by atoms with Gasteiger partial charge in [0.2, 0.25) is 0 Å². The summed E-state index contributed by atoms with van der Waals surface area (Å²) in [6.45, 7) is 2.53. The number of ether oxygens (including phenoxy) is 1. The van der Waals surface area contributed by atoms with Crippen LogP contribution in [-0.4, -0.2) is 36.3 Å². The van der Waals surface area contributed by atoms with Crippen LogP contribution in [0.5, 0.6) is 0 Å². The van der Waals surface area contributed by atoms with Gasteiger partial charge in [0.05, 0.1) is 18.2 Å². The lowest BCUT2D eigenvalue weighted by Gasteiger charge is -2.20. The van der Waals surface area contributed by atoms with Gasteiger partial charge in [-0.15, -0.1) is 0 Å². The lowest BCUT2D eigenvalue weighted by atomic mass is 9.97. The molecular weight excluding hydrogens is 221 g/mol. The van der Waals surface area contributed by atoms with Crippen molar-refractivity contribution in [1.29, 1.82) is 0 Å². The predicted molar refractivity (Wildman–Crippen MR) is 62.4 cm³/mol. The van der Waals surface area contributed by atoms with Gasteiger partial charge in [-0.1, -0.05) is 0 Å². The zero-order valence-corrected chi connectivity index (χ0v) is 9.58. The van der Waals surface area contributed by atoms with E-state index in [4.69, 9.17) is 4.74 Å². The highest BCUT2D eigenvalue weighted by molar-refractivity contribution is 5.37. The van der Waals surface area contributed by atoms with Crippen LogP contribution >= 0.6 is 0 Å². The third kappa shape index (κ3) is 2.12. The Morgan fingerprint density at radius 1 is 1.59 bits per heavy atom. The first-order valence-electron chi connectivity index (χ1n) is 5.99. The predicted octanol–water partition coefficient (Wildman–Crippen LogP) is 1.15. The summed E-state index contributed by atoms with van der Waals surface area (Å²) in [6, 6.07) is 3.16. The molecule has 0 unspecified atom stereocenters. The molecule has 2 saturated heterocycles. The van der Waals surface area contributed by atoms with Crippen molar-refractivity contribution in [2.45, 2.75) is 24.5 Å². The molecule has 2 N–H and O–H groups in total. The lowest BCUT2D eigenvalue weighted by Crippen LogP contribution is -2.31. The highest BCUT2D eigenvalue weighted by Crippen LogP contribution is 2.32. The number of nitrogens with one attached hydrogen (secondary N) is 2. The number of hydrogen-bond donors (Lipinski definition) is 2. The van der Waals surface area contributed by atoms with E-state index in [1.54, 1.807) is 12.3 Å². The van der Waals surface area contributed by atoms with Crippen LogP contribution in [0.3, 0.4) is 0 Å². The van der Waals surface area contributed by atoms with Crippen LogP contribution in [0, 0.1) is 5.82 Å². The molecule has 2 aliphatic rings. The summed E-state index contributed by atoms with van der Waals surface area (Å²) >= 11 is 0. The van der Waals surface area contributed by atoms with E-state index in [2.05, 4.69) is 15.6 Å². The number of pyridine rings is 1. The van der Waals surface area contributed by atoms with Crippen molar-refractivity contribution in [3.63, 3.8) is 0 Å². The zero-order chi connectivity index (χ0) is 11.7. The maximum absolute atomic E-state index is 13.4. The fourth-order valence-electron chi connectivity index (χ4n) is 2.64. The van der Waals surface area contributed by atoms with Crippen LogP contribution in [-0.2, 0) is 4.74 Å². The van der Waals surface area contributed by atoms with Crippen molar-refractivity contribution in [1.82, 2.24) is 10.3 Å². The van der Waals surface area contributed by atoms with Crippen LogP contribution < -0.4 is 10.6 Å². The quantitative estimate of drug-likeness (QED) is 0.810. The first-order valence-corrected chi connectivity index (χ1v) is 5.99. The van der Waals surface area contributed by atoms with Gasteiger partial charge in [-0.3, -0.25) is 0 Å². The molecule has 92 valence electrons. The first kappa shape index (κ1) is 10.9. The maximum atomic E-state index is 13.4. The molecule has 0 aromatic carbocycles. The molecule has 5 heteroatoms. The number of nitrogens with zero attached hydrogens (tertiary/aromatic N) is 1. The van der Waals surface area contributed by atoms with E-state index in [1.165, 1.54) is 6.07 Å². The summed E-state index contributed by atoms with van der Waals surface area (Å²) in [5, 5.41) is 6.43. The summed E-state index contributed by atoms with van der Waals surface area (Å²) in [5.74, 6) is 0.0158. The monoisotopic (exact) mass is 237 g/mol. The Morgan fingerprint density at radius 2 is 2.53 bits per heavy atom. The fraction of sp³-hybridized carbons (Fsp3) is 0.583. The van der Waals surface area contributed by atoms with Crippen molar-refractivity contribution in [3.8, 4) is 0 Å². The average Bonchev–Trinajstić information content (AvgIpc) is 2.94. The Hall–Kier alpha value is -1.20. The van der Waals surface area contributed by atoms with Gasteiger partial charge in [-0.2, -0.15) is 0 Å². The average molecular weight is 237 g/mol. The minimum absolute atomic E-state index is 0.0388. The number of halogens is 1. The van der Waals surface area contributed by atoms with Crippen molar-refractivity contribution in [3.05, 3.63) is 24.1 Å². The number of hydrogen-bond acceptors (Lipinski definition) is 4. The SMILES string of the molecule is Fc1cccnc1N[C@H]1CO[C@@]2(CCNC2)C1. The van der Waals surface area contributed by atoms with E-state index in [0.29, 0.717) is 12.4 Å². The standard InChI is InChI=1S/C12H16FN3O/c13-10-2-1-4-15-11(10)16-9-6-12(17-7-9)3-5-14-8-12/h1-2,4,9,14H,3,5-8H2,(H,15,16)/t9-,12+/m1/s1. The van der Waals surface area contributed by atoms with E-state index in [0.717, 1.165) is 25.9 Å². The summed E-state index contributed by atoms with van der Waals surface area (Å²) in [6.07, 6.45) is 3.54. The van der Waals surface area contributed by atoms with Gasteiger partial charge in [-0.05, 0) is 25.1 Å². The smallest absolute Gasteiger partial charge is 0.165 e. The third-order valence-corrected chi connectivity index (χ3v) is 3.51. The van der Waals surface area contributed by atoms with Gasteiger partial charge in [-0.25, -0.2) is 9.37 Å². The Morgan fingerprint density at radius 3 is 3.29 bits per heavy atom. The van der Waals surface area contributed by atoms with Crippen molar-refractivity contribution < 1.29 is 9.13 Å². The minimum Gasteiger partial charge on any atom is -0.371 e. The van der Waals surface area contributed by atoms with Crippen LogP contribution in [0.25, 0.3) is 0 Å². The summed E-state index contributed by atoms with van der Waals surface area (Å²) in [4.78, 5) is 4.00. The van der Waals surface area contributed by atoms with Gasteiger partial charge in [0, 0.05) is 19.2 Å². The molecule has 3 heterocycles. The van der Waals surface area contributed by atoms with Crippen molar-refractivity contribution in [2.75, 3.05) is 25.0 Å². The lowest BCUT2D eigenvalue weighted by molar-refractivity contribution is 0.0214. The molecule has 1 aromatic rings. The summed E-state index contributed by atoms with van der Waals surface area (Å²) < 4.78 is 19.3. The Labute approximate surface area is 99.6 Å². The van der Waals surface area contributed by atoms with Gasteiger partial charge < -0.3 is 15.4 Å². The second-order valence-corrected chi connectivity index (χ2v) is 4.80. The van der Waals surface area contributed by atoms with E-state index in [9.17, 15) is 4.39 Å². The molecule has 1 aromatic heterocycles. The van der Waals surface area contributed by atoms with Crippen molar-refractivity contribution in [2.24, 2.45) is 0 Å². The second-order valence-electron chi connectivity index (χ2n) is 4.80. The largest absolute Gasteiger partial charge is 0.371 e. The second kappa shape index (κ2) is 4.23. The molecule has 0 radical (unpaired) electrons. The molecule has 4 nitrogen and oxygen atoms in total. The minimum atomic E-state index is -0.307. The van der Waals surface area contributed by atoms with Crippen LogP contribution in [0.15, 0.2) is 18.3 Å². The molecule has 2 fully saturated rings. The van der Waals surface area contributed by atoms with Gasteiger partial charge in [0.15, 0.2) is 11.6 Å². The van der Waals surface area contributed by atoms with Crippen LogP contribution in [0.2, 0.25) is 0 Å². The first-order chi connectivity index (χ1) is 8.27. The molecule has 2 aliphatic heterocycles. The molecular formula is C12H16FN3O. The van der Waals surface area contributed by atoms with Crippen LogP contribution in [0.1, 0.15) is 12.8 Å². The van der Waals surface area contributed by atoms with E-state index in [-0.39, 0.29) is 17.5 Å². The molecule has 0 bridgehead atoms. The summed E-state index contributed by atoms with van der Waals surface area (Å²) in [5.41, 5.74) is -0.0388. The Kier molecular flexibility index (Phi) is 2.72. The number of rotatable bonds is 2. The Bertz CT molecular complexity index is 406. The van der Waals surface area contributed by atoms with Crippen LogP contribution in [0.4, 0.5) is 10.2 Å². The molecule has 3 rings (SSSR count). The summed E-state index contributed by atoms with van der Waals surface area (Å²) in [7, 11) is 0. The molecule has 0 aliphatic carbocycles. The molecule has 2 atom stereocenters. The Balaban J connectivity index is 1.66. The molecule has 1 spiro atoms. The topological polar surface area (TPSA) is 46.2 Å². The van der Waals surface area contributed by atoms with Crippen molar-refractivity contribution >= 4 is 5.82 Å². The highest BCUT2D eigenvalue weighted by atomic mass is 19.1. The normalized spacial score (nSPS) is 32.2. The number of aromatic nitrogens is 1. The highest BCUT2D eigenvalue weighted by Gasteiger charge is 2.42. The van der Waals surface area contributed by atoms with E-state index < -0.39 is 0 Å². The maximum Gasteiger partial charge on any atom is 0.165 e. The van der Waals surface area contributed by atoms with Gasteiger partial charge >= 0.3 is 0 Å². The zero-order valence-electron chi connectivity index (χ0n) is 9.58. The molecule has 17 heavy (non-hydrogen) atoms. The van der Waals surface area contributed by atoms with E-state index >= 15 is 0 Å². The fourth-order valence-corrected chi connectivity index (χ4v) is 2.64.